The minimum atomic E-state index is 0.427. The molecule has 2 aliphatic rings. The summed E-state index contributed by atoms with van der Waals surface area (Å²) >= 11 is 1.76. The van der Waals surface area contributed by atoms with E-state index in [0.29, 0.717) is 18.6 Å². The summed E-state index contributed by atoms with van der Waals surface area (Å²) in [5.74, 6) is 1.59. The van der Waals surface area contributed by atoms with Crippen LogP contribution in [0.3, 0.4) is 0 Å². The number of anilines is 1. The predicted molar refractivity (Wildman–Crippen MR) is 109 cm³/mol. The number of carbonyl (C=O) groups is 1. The summed E-state index contributed by atoms with van der Waals surface area (Å²) in [6.07, 6.45) is 6.48. The summed E-state index contributed by atoms with van der Waals surface area (Å²) < 4.78 is 5.85. The first-order chi connectivity index (χ1) is 13.3. The molecule has 1 aromatic heterocycles. The Morgan fingerprint density at radius 3 is 2.89 bits per heavy atom. The topological polar surface area (TPSA) is 54.5 Å². The number of benzene rings is 1. The van der Waals surface area contributed by atoms with Crippen LogP contribution in [0, 0.1) is 5.92 Å². The molecule has 1 saturated carbocycles. The zero-order chi connectivity index (χ0) is 18.6. The molecule has 4 rings (SSSR count). The standard InChI is InChI=1S/C21H27N3O2S/c1-2-24(14-25)16-9-7-15(8-10-16)13-22-21-23-20-17-5-3-4-6-18(17)26-12-11-19(20)27-21/h3-6,14-16H,2,7-13H2,1H3,(H,22,23). The fourth-order valence-electron chi connectivity index (χ4n) is 4.18. The summed E-state index contributed by atoms with van der Waals surface area (Å²) in [5.41, 5.74) is 2.17. The molecule has 2 aromatic rings. The Morgan fingerprint density at radius 1 is 1.30 bits per heavy atom. The highest BCUT2D eigenvalue weighted by molar-refractivity contribution is 7.16. The van der Waals surface area contributed by atoms with Gasteiger partial charge in [0.05, 0.1) is 12.3 Å². The SMILES string of the molecule is CCN(C=O)C1CCC(CNc2nc3c(s2)CCOc2ccccc2-3)CC1. The van der Waals surface area contributed by atoms with Crippen LogP contribution in [0.25, 0.3) is 11.3 Å². The van der Waals surface area contributed by atoms with Crippen molar-refractivity contribution in [1.29, 1.82) is 0 Å². The van der Waals surface area contributed by atoms with Gasteiger partial charge < -0.3 is 15.0 Å². The molecule has 5 nitrogen and oxygen atoms in total. The van der Waals surface area contributed by atoms with Gasteiger partial charge in [0, 0.05) is 36.0 Å². The van der Waals surface area contributed by atoms with E-state index < -0.39 is 0 Å². The zero-order valence-corrected chi connectivity index (χ0v) is 16.6. The maximum absolute atomic E-state index is 11.1. The van der Waals surface area contributed by atoms with E-state index in [0.717, 1.165) is 60.9 Å². The van der Waals surface area contributed by atoms with Gasteiger partial charge in [-0.05, 0) is 50.7 Å². The highest BCUT2D eigenvalue weighted by Gasteiger charge is 2.25. The summed E-state index contributed by atoms with van der Waals surface area (Å²) in [4.78, 5) is 19.3. The lowest BCUT2D eigenvalue weighted by molar-refractivity contribution is -0.120. The van der Waals surface area contributed by atoms with Crippen LogP contribution in [0.5, 0.6) is 5.75 Å². The molecule has 0 unspecified atom stereocenters. The lowest BCUT2D eigenvalue weighted by Gasteiger charge is -2.34. The second kappa shape index (κ2) is 8.30. The van der Waals surface area contributed by atoms with Crippen molar-refractivity contribution < 1.29 is 9.53 Å². The van der Waals surface area contributed by atoms with Gasteiger partial charge in [0.15, 0.2) is 5.13 Å². The van der Waals surface area contributed by atoms with Crippen molar-refractivity contribution in [2.75, 3.05) is 25.0 Å². The van der Waals surface area contributed by atoms with Crippen molar-refractivity contribution in [3.63, 3.8) is 0 Å². The first-order valence-electron chi connectivity index (χ1n) is 9.95. The van der Waals surface area contributed by atoms with E-state index in [2.05, 4.69) is 18.3 Å². The Kier molecular flexibility index (Phi) is 5.62. The molecule has 0 spiro atoms. The van der Waals surface area contributed by atoms with Crippen LogP contribution in [0.2, 0.25) is 0 Å². The minimum absolute atomic E-state index is 0.427. The van der Waals surface area contributed by atoms with Gasteiger partial charge in [-0.15, -0.1) is 11.3 Å². The molecule has 0 atom stereocenters. The normalized spacial score (nSPS) is 21.4. The van der Waals surface area contributed by atoms with E-state index in [1.165, 1.54) is 17.7 Å². The third kappa shape index (κ3) is 3.95. The lowest BCUT2D eigenvalue weighted by Crippen LogP contribution is -2.37. The smallest absolute Gasteiger partial charge is 0.209 e. The number of carbonyl (C=O) groups excluding carboxylic acids is 1. The average Bonchev–Trinajstić information content (AvgIpc) is 3.03. The number of thiazole rings is 1. The van der Waals surface area contributed by atoms with Gasteiger partial charge in [0.1, 0.15) is 5.75 Å². The Balaban J connectivity index is 1.37. The average molecular weight is 386 g/mol. The summed E-state index contributed by atoms with van der Waals surface area (Å²) in [6, 6.07) is 8.60. The van der Waals surface area contributed by atoms with E-state index in [9.17, 15) is 4.79 Å². The van der Waals surface area contributed by atoms with Crippen LogP contribution in [-0.4, -0.2) is 42.0 Å². The van der Waals surface area contributed by atoms with Crippen LogP contribution in [-0.2, 0) is 11.2 Å². The van der Waals surface area contributed by atoms with Gasteiger partial charge in [0.25, 0.3) is 0 Å². The number of hydrogen-bond acceptors (Lipinski definition) is 5. The Hall–Kier alpha value is -2.08. The molecular weight excluding hydrogens is 358 g/mol. The minimum Gasteiger partial charge on any atom is -0.493 e. The van der Waals surface area contributed by atoms with E-state index in [4.69, 9.17) is 9.72 Å². The zero-order valence-electron chi connectivity index (χ0n) is 15.8. The second-order valence-corrected chi connectivity index (χ2v) is 8.46. The number of hydrogen-bond donors (Lipinski definition) is 1. The number of fused-ring (bicyclic) bond motifs is 3. The van der Waals surface area contributed by atoms with E-state index in [1.807, 2.05) is 23.1 Å². The van der Waals surface area contributed by atoms with Crippen molar-refractivity contribution in [3.05, 3.63) is 29.1 Å². The number of aromatic nitrogens is 1. The van der Waals surface area contributed by atoms with E-state index in [1.54, 1.807) is 11.3 Å². The molecule has 2 heterocycles. The van der Waals surface area contributed by atoms with Crippen molar-refractivity contribution >= 4 is 22.9 Å². The monoisotopic (exact) mass is 385 g/mol. The van der Waals surface area contributed by atoms with Gasteiger partial charge in [0.2, 0.25) is 6.41 Å². The number of para-hydroxylation sites is 1. The molecule has 144 valence electrons. The Labute approximate surface area is 164 Å². The van der Waals surface area contributed by atoms with E-state index >= 15 is 0 Å². The second-order valence-electron chi connectivity index (χ2n) is 7.38. The van der Waals surface area contributed by atoms with Crippen molar-refractivity contribution in [3.8, 4) is 17.0 Å². The number of amides is 1. The van der Waals surface area contributed by atoms with Gasteiger partial charge >= 0.3 is 0 Å². The fraction of sp³-hybridized carbons (Fsp3) is 0.524. The van der Waals surface area contributed by atoms with Crippen LogP contribution >= 0.6 is 11.3 Å². The quantitative estimate of drug-likeness (QED) is 0.758. The maximum atomic E-state index is 11.1. The van der Waals surface area contributed by atoms with Crippen LogP contribution in [0.4, 0.5) is 5.13 Å². The molecule has 1 fully saturated rings. The van der Waals surface area contributed by atoms with Crippen molar-refractivity contribution in [2.24, 2.45) is 5.92 Å². The highest BCUT2D eigenvalue weighted by atomic mass is 32.1. The molecule has 0 saturated heterocycles. The molecule has 1 amide bonds. The van der Waals surface area contributed by atoms with Gasteiger partial charge in [-0.25, -0.2) is 4.98 Å². The van der Waals surface area contributed by atoms with Crippen LogP contribution < -0.4 is 10.1 Å². The van der Waals surface area contributed by atoms with Crippen molar-refractivity contribution in [1.82, 2.24) is 9.88 Å². The summed E-state index contributed by atoms with van der Waals surface area (Å²) in [6.45, 7) is 4.54. The third-order valence-corrected chi connectivity index (χ3v) is 6.83. The number of nitrogens with zero attached hydrogens (tertiary/aromatic N) is 2. The molecule has 0 bridgehead atoms. The number of rotatable bonds is 6. The third-order valence-electron chi connectivity index (χ3n) is 5.75. The van der Waals surface area contributed by atoms with Gasteiger partial charge in [-0.3, -0.25) is 4.79 Å². The molecule has 1 aromatic carbocycles. The lowest BCUT2D eigenvalue weighted by atomic mass is 9.85. The molecule has 27 heavy (non-hydrogen) atoms. The number of ether oxygens (including phenoxy) is 1. The van der Waals surface area contributed by atoms with Crippen LogP contribution in [0.15, 0.2) is 24.3 Å². The molecule has 0 radical (unpaired) electrons. The van der Waals surface area contributed by atoms with Gasteiger partial charge in [-0.1, -0.05) is 12.1 Å². The van der Waals surface area contributed by atoms with E-state index in [-0.39, 0.29) is 0 Å². The largest absolute Gasteiger partial charge is 0.493 e. The first-order valence-corrected chi connectivity index (χ1v) is 10.8. The molecule has 1 aliphatic carbocycles. The first kappa shape index (κ1) is 18.3. The fourth-order valence-corrected chi connectivity index (χ4v) is 5.14. The maximum Gasteiger partial charge on any atom is 0.209 e. The Bertz CT molecular complexity index is 783. The Morgan fingerprint density at radius 2 is 2.11 bits per heavy atom. The molecule has 6 heteroatoms. The summed E-state index contributed by atoms with van der Waals surface area (Å²) in [7, 11) is 0. The molecule has 1 N–H and O–H groups in total. The highest BCUT2D eigenvalue weighted by Crippen LogP contribution is 2.39. The predicted octanol–water partition coefficient (Wildman–Crippen LogP) is 4.19. The van der Waals surface area contributed by atoms with Crippen molar-refractivity contribution in [2.45, 2.75) is 45.1 Å². The molecular formula is C21H27N3O2S. The van der Waals surface area contributed by atoms with Crippen LogP contribution in [0.1, 0.15) is 37.5 Å². The summed E-state index contributed by atoms with van der Waals surface area (Å²) in [5, 5.41) is 4.59. The van der Waals surface area contributed by atoms with Gasteiger partial charge in [-0.2, -0.15) is 0 Å². The molecule has 1 aliphatic heterocycles. The number of nitrogens with one attached hydrogen (secondary N) is 1.